The highest BCUT2D eigenvalue weighted by molar-refractivity contribution is 5.99. The fourth-order valence-electron chi connectivity index (χ4n) is 1.28. The van der Waals surface area contributed by atoms with Crippen molar-refractivity contribution in [2.45, 2.75) is 6.92 Å². The van der Waals surface area contributed by atoms with Crippen molar-refractivity contribution in [1.82, 2.24) is 0 Å². The molecule has 15 heavy (non-hydrogen) atoms. The van der Waals surface area contributed by atoms with Crippen molar-refractivity contribution < 1.29 is 24.2 Å². The van der Waals surface area contributed by atoms with Gasteiger partial charge in [-0.3, -0.25) is 0 Å². The molecule has 80 valence electrons. The topological polar surface area (TPSA) is 101 Å². The smallest absolute Gasteiger partial charge is 0.340 e. The number of aryl methyl sites for hydroxylation is 1. The molecule has 0 bridgehead atoms. The Morgan fingerprint density at radius 1 is 1.27 bits per heavy atom. The average Bonchev–Trinajstić information content (AvgIpc) is 1.99. The number of halogens is 1. The third kappa shape index (κ3) is 1.74. The van der Waals surface area contributed by atoms with Crippen molar-refractivity contribution in [2.24, 2.45) is 0 Å². The number of carbonyl (C=O) groups is 2. The van der Waals surface area contributed by atoms with Gasteiger partial charge in [0.2, 0.25) is 0 Å². The lowest BCUT2D eigenvalue weighted by molar-refractivity contribution is 0.0688. The van der Waals surface area contributed by atoms with E-state index in [4.69, 9.17) is 15.9 Å². The highest BCUT2D eigenvalue weighted by Gasteiger charge is 2.23. The molecule has 0 atom stereocenters. The van der Waals surface area contributed by atoms with E-state index in [0.29, 0.717) is 0 Å². The van der Waals surface area contributed by atoms with Crippen LogP contribution in [0.15, 0.2) is 6.07 Å². The van der Waals surface area contributed by atoms with Gasteiger partial charge in [-0.05, 0) is 18.6 Å². The zero-order chi connectivity index (χ0) is 11.7. The number of aromatic carboxylic acids is 2. The molecule has 0 aliphatic heterocycles. The summed E-state index contributed by atoms with van der Waals surface area (Å²) in [5, 5.41) is 17.3. The molecule has 1 aromatic carbocycles. The van der Waals surface area contributed by atoms with E-state index in [2.05, 4.69) is 0 Å². The third-order valence-corrected chi connectivity index (χ3v) is 1.92. The quantitative estimate of drug-likeness (QED) is 0.639. The maximum atomic E-state index is 13.5. The number of rotatable bonds is 2. The van der Waals surface area contributed by atoms with Gasteiger partial charge in [0, 0.05) is 5.69 Å². The molecule has 1 aromatic rings. The van der Waals surface area contributed by atoms with Gasteiger partial charge >= 0.3 is 11.9 Å². The van der Waals surface area contributed by atoms with Gasteiger partial charge in [0.05, 0.1) is 5.56 Å². The van der Waals surface area contributed by atoms with Crippen molar-refractivity contribution in [3.63, 3.8) is 0 Å². The van der Waals surface area contributed by atoms with Crippen LogP contribution in [0, 0.1) is 12.7 Å². The molecule has 0 heterocycles. The number of nitrogens with two attached hydrogens (primary N) is 1. The molecule has 6 heteroatoms. The first-order chi connectivity index (χ1) is 6.86. The standard InChI is InChI=1S/C9H8FNO4/c1-3-2-4(11)6(9(14)15)7(10)5(3)8(12)13/h2H,11H2,1H3,(H,12,13)(H,14,15). The Kier molecular flexibility index (Phi) is 2.61. The fourth-order valence-corrected chi connectivity index (χ4v) is 1.28. The van der Waals surface area contributed by atoms with E-state index in [0.717, 1.165) is 6.07 Å². The van der Waals surface area contributed by atoms with Gasteiger partial charge in [-0.25, -0.2) is 14.0 Å². The van der Waals surface area contributed by atoms with Crippen molar-refractivity contribution >= 4 is 17.6 Å². The van der Waals surface area contributed by atoms with Gasteiger partial charge in [0.15, 0.2) is 5.82 Å². The summed E-state index contributed by atoms with van der Waals surface area (Å²) in [5.74, 6) is -4.42. The minimum atomic E-state index is -1.59. The molecule has 1 rings (SSSR count). The van der Waals surface area contributed by atoms with Crippen molar-refractivity contribution in [3.8, 4) is 0 Å². The zero-order valence-corrected chi connectivity index (χ0v) is 7.74. The predicted octanol–water partition coefficient (Wildman–Crippen LogP) is 1.11. The average molecular weight is 213 g/mol. The first-order valence-corrected chi connectivity index (χ1v) is 3.91. The number of hydrogen-bond acceptors (Lipinski definition) is 3. The van der Waals surface area contributed by atoms with Crippen molar-refractivity contribution in [1.29, 1.82) is 0 Å². The van der Waals surface area contributed by atoms with E-state index in [9.17, 15) is 14.0 Å². The number of benzene rings is 1. The van der Waals surface area contributed by atoms with Crippen molar-refractivity contribution in [2.75, 3.05) is 5.73 Å². The number of anilines is 1. The molecule has 4 N–H and O–H groups in total. The summed E-state index contributed by atoms with van der Waals surface area (Å²) >= 11 is 0. The number of nitrogen functional groups attached to an aromatic ring is 1. The van der Waals surface area contributed by atoms with Gasteiger partial charge in [-0.1, -0.05) is 0 Å². The van der Waals surface area contributed by atoms with Crippen LogP contribution < -0.4 is 5.73 Å². The SMILES string of the molecule is Cc1cc(N)c(C(=O)O)c(F)c1C(=O)O. The van der Waals surface area contributed by atoms with Crippen LogP contribution in [0.1, 0.15) is 26.3 Å². The van der Waals surface area contributed by atoms with Crippen LogP contribution in [0.25, 0.3) is 0 Å². The number of hydrogen-bond donors (Lipinski definition) is 3. The fraction of sp³-hybridized carbons (Fsp3) is 0.111. The van der Waals surface area contributed by atoms with Gasteiger partial charge in [0.25, 0.3) is 0 Å². The largest absolute Gasteiger partial charge is 0.478 e. The van der Waals surface area contributed by atoms with Gasteiger partial charge in [-0.15, -0.1) is 0 Å². The van der Waals surface area contributed by atoms with Crippen LogP contribution in [0.4, 0.5) is 10.1 Å². The van der Waals surface area contributed by atoms with E-state index >= 15 is 0 Å². The Morgan fingerprint density at radius 2 is 1.73 bits per heavy atom. The maximum absolute atomic E-state index is 13.5. The molecule has 0 unspecified atom stereocenters. The molecule has 5 nitrogen and oxygen atoms in total. The second-order valence-corrected chi connectivity index (χ2v) is 2.96. The van der Waals surface area contributed by atoms with Gasteiger partial charge < -0.3 is 15.9 Å². The summed E-state index contributed by atoms with van der Waals surface area (Å²) in [4.78, 5) is 21.3. The first kappa shape index (κ1) is 11.0. The molecule has 0 fully saturated rings. The summed E-state index contributed by atoms with van der Waals surface area (Å²) in [6.45, 7) is 1.34. The van der Waals surface area contributed by atoms with Crippen molar-refractivity contribution in [3.05, 3.63) is 28.6 Å². The highest BCUT2D eigenvalue weighted by atomic mass is 19.1. The van der Waals surface area contributed by atoms with Crippen LogP contribution in [0.5, 0.6) is 0 Å². The Bertz CT molecular complexity index is 418. The summed E-state index contributed by atoms with van der Waals surface area (Å²) in [6.07, 6.45) is 0. The minimum absolute atomic E-state index is 0.0856. The molecular weight excluding hydrogens is 205 g/mol. The van der Waals surface area contributed by atoms with Crippen LogP contribution in [0.2, 0.25) is 0 Å². The van der Waals surface area contributed by atoms with Crippen LogP contribution >= 0.6 is 0 Å². The zero-order valence-electron chi connectivity index (χ0n) is 7.74. The van der Waals surface area contributed by atoms with E-state index < -0.39 is 28.9 Å². The molecule has 0 aliphatic rings. The third-order valence-electron chi connectivity index (χ3n) is 1.92. The second kappa shape index (κ2) is 3.56. The number of carboxylic acids is 2. The Morgan fingerprint density at radius 3 is 2.13 bits per heavy atom. The normalized spacial score (nSPS) is 10.0. The molecule has 0 radical (unpaired) electrons. The molecule has 0 saturated carbocycles. The Labute approximate surface area is 83.9 Å². The summed E-state index contributed by atoms with van der Waals surface area (Å²) in [7, 11) is 0. The molecule has 0 spiro atoms. The van der Waals surface area contributed by atoms with Crippen LogP contribution in [-0.4, -0.2) is 22.2 Å². The molecular formula is C9H8FNO4. The summed E-state index contributed by atoms with van der Waals surface area (Å²) < 4.78 is 13.5. The van der Waals surface area contributed by atoms with E-state index in [1.807, 2.05) is 0 Å². The molecule has 0 aromatic heterocycles. The van der Waals surface area contributed by atoms with Gasteiger partial charge in [-0.2, -0.15) is 0 Å². The van der Waals surface area contributed by atoms with Crippen LogP contribution in [-0.2, 0) is 0 Å². The molecule has 0 saturated heterocycles. The maximum Gasteiger partial charge on any atom is 0.340 e. The van der Waals surface area contributed by atoms with Gasteiger partial charge in [0.1, 0.15) is 5.56 Å². The summed E-state index contributed by atoms with van der Waals surface area (Å²) in [5.41, 5.74) is 3.60. The van der Waals surface area contributed by atoms with E-state index in [1.54, 1.807) is 0 Å². The second-order valence-electron chi connectivity index (χ2n) is 2.96. The van der Waals surface area contributed by atoms with Crippen LogP contribution in [0.3, 0.4) is 0 Å². The van der Waals surface area contributed by atoms with E-state index in [1.165, 1.54) is 6.92 Å². The first-order valence-electron chi connectivity index (χ1n) is 3.91. The molecule has 0 amide bonds. The Hall–Kier alpha value is -2.11. The van der Waals surface area contributed by atoms with E-state index in [-0.39, 0.29) is 11.3 Å². The summed E-state index contributed by atoms with van der Waals surface area (Å²) in [6, 6.07) is 1.12. The predicted molar refractivity (Wildman–Crippen MR) is 49.5 cm³/mol. The highest BCUT2D eigenvalue weighted by Crippen LogP contribution is 2.23. The molecule has 0 aliphatic carbocycles. The lowest BCUT2D eigenvalue weighted by Crippen LogP contribution is -2.13. The monoisotopic (exact) mass is 213 g/mol. The Balaban J connectivity index is 3.64. The minimum Gasteiger partial charge on any atom is -0.478 e. The lowest BCUT2D eigenvalue weighted by Gasteiger charge is -2.08. The lowest BCUT2D eigenvalue weighted by atomic mass is 10.0. The number of carboxylic acid groups (broad SMARTS) is 2.